The third-order valence-electron chi connectivity index (χ3n) is 5.51. The average Bonchev–Trinajstić information content (AvgIpc) is 2.87. The lowest BCUT2D eigenvalue weighted by molar-refractivity contribution is 0.0945. The molecule has 2 aromatic carbocycles. The minimum atomic E-state index is -0.285. The largest absolute Gasteiger partial charge is 0.495 e. The number of carbonyl (C=O) groups is 1. The quantitative estimate of drug-likeness (QED) is 0.521. The van der Waals surface area contributed by atoms with Crippen LogP contribution < -0.4 is 19.7 Å². The molecular formula is C25H27ClN4O3. The highest BCUT2D eigenvalue weighted by molar-refractivity contribution is 6.32. The summed E-state index contributed by atoms with van der Waals surface area (Å²) in [6.45, 7) is 2.40. The number of aromatic nitrogens is 2. The Hall–Kier alpha value is -3.32. The molecule has 33 heavy (non-hydrogen) atoms. The van der Waals surface area contributed by atoms with Gasteiger partial charge in [-0.25, -0.2) is 4.98 Å². The van der Waals surface area contributed by atoms with Crippen LogP contribution >= 0.6 is 11.6 Å². The number of benzene rings is 2. The SMILES string of the molecule is COc1ccc(COc2nc(N3CCCCC3)ncc2C(=O)NCc2ccccc2)cc1Cl. The Labute approximate surface area is 198 Å². The van der Waals surface area contributed by atoms with E-state index in [9.17, 15) is 4.79 Å². The predicted octanol–water partition coefficient (Wildman–Crippen LogP) is 4.64. The lowest BCUT2D eigenvalue weighted by atomic mass is 10.1. The van der Waals surface area contributed by atoms with Gasteiger partial charge in [-0.05, 0) is 42.5 Å². The van der Waals surface area contributed by atoms with Crippen molar-refractivity contribution in [2.45, 2.75) is 32.4 Å². The van der Waals surface area contributed by atoms with Gasteiger partial charge in [0.05, 0.1) is 12.1 Å². The number of hydrogen-bond donors (Lipinski definition) is 1. The summed E-state index contributed by atoms with van der Waals surface area (Å²) in [5.74, 6) is 1.14. The van der Waals surface area contributed by atoms with Gasteiger partial charge in [0.15, 0.2) is 0 Å². The molecule has 7 nitrogen and oxygen atoms in total. The summed E-state index contributed by atoms with van der Waals surface area (Å²) < 4.78 is 11.2. The molecule has 1 N–H and O–H groups in total. The normalized spacial score (nSPS) is 13.5. The first-order chi connectivity index (χ1) is 16.1. The number of anilines is 1. The first-order valence-electron chi connectivity index (χ1n) is 11.0. The average molecular weight is 467 g/mol. The highest BCUT2D eigenvalue weighted by Crippen LogP contribution is 2.27. The van der Waals surface area contributed by atoms with E-state index in [1.807, 2.05) is 36.4 Å². The number of nitrogens with zero attached hydrogens (tertiary/aromatic N) is 3. The van der Waals surface area contributed by atoms with E-state index in [-0.39, 0.29) is 18.4 Å². The van der Waals surface area contributed by atoms with Gasteiger partial charge in [0.1, 0.15) is 17.9 Å². The van der Waals surface area contributed by atoms with E-state index in [0.717, 1.165) is 37.1 Å². The van der Waals surface area contributed by atoms with E-state index in [1.165, 1.54) is 6.42 Å². The molecule has 172 valence electrons. The maximum absolute atomic E-state index is 13.0. The van der Waals surface area contributed by atoms with Crippen molar-refractivity contribution in [2.75, 3.05) is 25.1 Å². The summed E-state index contributed by atoms with van der Waals surface area (Å²) in [5, 5.41) is 3.42. The van der Waals surface area contributed by atoms with E-state index in [1.54, 1.807) is 25.4 Å². The third kappa shape index (κ3) is 5.93. The van der Waals surface area contributed by atoms with E-state index in [0.29, 0.717) is 28.8 Å². The van der Waals surface area contributed by atoms with Crippen molar-refractivity contribution in [3.63, 3.8) is 0 Å². The molecule has 0 spiro atoms. The van der Waals surface area contributed by atoms with Crippen LogP contribution in [0.5, 0.6) is 11.6 Å². The molecule has 1 aliphatic rings. The molecule has 1 aliphatic heterocycles. The second-order valence-corrected chi connectivity index (χ2v) is 8.27. The summed E-state index contributed by atoms with van der Waals surface area (Å²) in [6.07, 6.45) is 4.96. The molecule has 1 fully saturated rings. The molecule has 4 rings (SSSR count). The van der Waals surface area contributed by atoms with Crippen molar-refractivity contribution in [3.8, 4) is 11.6 Å². The zero-order valence-electron chi connectivity index (χ0n) is 18.6. The molecule has 2 heterocycles. The molecule has 0 unspecified atom stereocenters. The summed E-state index contributed by atoms with van der Waals surface area (Å²) in [5.41, 5.74) is 2.15. The van der Waals surface area contributed by atoms with Crippen LogP contribution in [0.4, 0.5) is 5.95 Å². The third-order valence-corrected chi connectivity index (χ3v) is 5.81. The first kappa shape index (κ1) is 22.9. The van der Waals surface area contributed by atoms with E-state index < -0.39 is 0 Å². The Bertz CT molecular complexity index is 1090. The van der Waals surface area contributed by atoms with E-state index in [2.05, 4.69) is 20.2 Å². The Balaban J connectivity index is 1.54. The lowest BCUT2D eigenvalue weighted by Gasteiger charge is -2.27. The molecule has 0 radical (unpaired) electrons. The maximum Gasteiger partial charge on any atom is 0.258 e. The Morgan fingerprint density at radius 1 is 1.09 bits per heavy atom. The standard InChI is InChI=1S/C25H27ClN4O3/c1-32-22-11-10-19(14-21(22)26)17-33-24-20(23(31)27-15-18-8-4-2-5-9-18)16-28-25(29-24)30-12-6-3-7-13-30/h2,4-5,8-11,14,16H,3,6-7,12-13,15,17H2,1H3,(H,27,31). The molecule has 1 aromatic heterocycles. The van der Waals surface area contributed by atoms with Gasteiger partial charge >= 0.3 is 0 Å². The van der Waals surface area contributed by atoms with Crippen molar-refractivity contribution in [1.82, 2.24) is 15.3 Å². The van der Waals surface area contributed by atoms with Gasteiger partial charge in [-0.2, -0.15) is 4.98 Å². The van der Waals surface area contributed by atoms with Crippen LogP contribution in [0.3, 0.4) is 0 Å². The lowest BCUT2D eigenvalue weighted by Crippen LogP contribution is -2.31. The number of hydrogen-bond acceptors (Lipinski definition) is 6. The fourth-order valence-corrected chi connectivity index (χ4v) is 3.97. The van der Waals surface area contributed by atoms with Crippen molar-refractivity contribution < 1.29 is 14.3 Å². The van der Waals surface area contributed by atoms with Crippen LogP contribution in [-0.4, -0.2) is 36.1 Å². The van der Waals surface area contributed by atoms with Crippen LogP contribution in [0.1, 0.15) is 40.7 Å². The zero-order valence-corrected chi connectivity index (χ0v) is 19.3. The van der Waals surface area contributed by atoms with E-state index >= 15 is 0 Å². The minimum Gasteiger partial charge on any atom is -0.495 e. The second-order valence-electron chi connectivity index (χ2n) is 7.86. The van der Waals surface area contributed by atoms with Crippen LogP contribution in [-0.2, 0) is 13.2 Å². The molecule has 0 atom stereocenters. The van der Waals surface area contributed by atoms with Gasteiger partial charge in [0, 0.05) is 25.8 Å². The number of methoxy groups -OCH3 is 1. The van der Waals surface area contributed by atoms with Gasteiger partial charge in [0.2, 0.25) is 11.8 Å². The van der Waals surface area contributed by atoms with Crippen molar-refractivity contribution >= 4 is 23.5 Å². The van der Waals surface area contributed by atoms with Crippen LogP contribution in [0, 0.1) is 0 Å². The van der Waals surface area contributed by atoms with Gasteiger partial charge in [0.25, 0.3) is 5.91 Å². The second kappa shape index (κ2) is 11.0. The van der Waals surface area contributed by atoms with Crippen molar-refractivity contribution in [3.05, 3.63) is 76.4 Å². The van der Waals surface area contributed by atoms with Crippen LogP contribution in [0.25, 0.3) is 0 Å². The topological polar surface area (TPSA) is 76.6 Å². The fourth-order valence-electron chi connectivity index (χ4n) is 3.69. The Morgan fingerprint density at radius 2 is 1.88 bits per heavy atom. The van der Waals surface area contributed by atoms with Gasteiger partial charge in [-0.3, -0.25) is 4.79 Å². The molecule has 1 amide bonds. The molecule has 0 saturated carbocycles. The molecule has 0 aliphatic carbocycles. The molecule has 3 aromatic rings. The fraction of sp³-hybridized carbons (Fsp3) is 0.320. The van der Waals surface area contributed by atoms with Gasteiger partial charge < -0.3 is 19.7 Å². The summed E-state index contributed by atoms with van der Waals surface area (Å²) in [7, 11) is 1.57. The number of ether oxygens (including phenoxy) is 2. The number of nitrogens with one attached hydrogen (secondary N) is 1. The summed E-state index contributed by atoms with van der Waals surface area (Å²) in [4.78, 5) is 24.2. The summed E-state index contributed by atoms with van der Waals surface area (Å²) >= 11 is 6.24. The highest BCUT2D eigenvalue weighted by atomic mass is 35.5. The van der Waals surface area contributed by atoms with E-state index in [4.69, 9.17) is 21.1 Å². The number of piperidine rings is 1. The molecule has 1 saturated heterocycles. The first-order valence-corrected chi connectivity index (χ1v) is 11.4. The molecule has 8 heteroatoms. The number of rotatable bonds is 8. The maximum atomic E-state index is 13.0. The van der Waals surface area contributed by atoms with Crippen molar-refractivity contribution in [2.24, 2.45) is 0 Å². The van der Waals surface area contributed by atoms with Crippen LogP contribution in [0.2, 0.25) is 5.02 Å². The van der Waals surface area contributed by atoms with Crippen molar-refractivity contribution in [1.29, 1.82) is 0 Å². The zero-order chi connectivity index (χ0) is 23.0. The number of carbonyl (C=O) groups excluding carboxylic acids is 1. The highest BCUT2D eigenvalue weighted by Gasteiger charge is 2.20. The van der Waals surface area contributed by atoms with Gasteiger partial charge in [-0.15, -0.1) is 0 Å². The number of halogens is 1. The van der Waals surface area contributed by atoms with Gasteiger partial charge in [-0.1, -0.05) is 48.0 Å². The monoisotopic (exact) mass is 466 g/mol. The number of amides is 1. The Morgan fingerprint density at radius 3 is 2.61 bits per heavy atom. The summed E-state index contributed by atoms with van der Waals surface area (Å²) in [6, 6.07) is 15.2. The Kier molecular flexibility index (Phi) is 7.62. The molecular weight excluding hydrogens is 440 g/mol. The minimum absolute atomic E-state index is 0.207. The predicted molar refractivity (Wildman–Crippen MR) is 128 cm³/mol. The smallest absolute Gasteiger partial charge is 0.258 e. The molecule has 0 bridgehead atoms. The van der Waals surface area contributed by atoms with Crippen LogP contribution in [0.15, 0.2) is 54.7 Å².